The minimum atomic E-state index is -2.69. The number of nitrogens with zero attached hydrogens (tertiary/aromatic N) is 1. The number of ketones is 3. The zero-order valence-electron chi connectivity index (χ0n) is 23.4. The number of primary amides is 1. The number of aliphatic hydroxyl groups is 3. The topological polar surface area (TPSA) is 178 Å². The third-order valence-electron chi connectivity index (χ3n) is 8.61. The van der Waals surface area contributed by atoms with Crippen LogP contribution in [-0.4, -0.2) is 74.3 Å². The van der Waals surface area contributed by atoms with Gasteiger partial charge < -0.3 is 26.2 Å². The maximum Gasteiger partial charge on any atom is 0.255 e. The van der Waals surface area contributed by atoms with Gasteiger partial charge in [0, 0.05) is 17.9 Å². The molecule has 6 N–H and O–H groups in total. The average Bonchev–Trinajstić information content (AvgIpc) is 2.93. The molecule has 4 unspecified atom stereocenters. The molecule has 42 heavy (non-hydrogen) atoms. The molecule has 10 nitrogen and oxygen atoms in total. The Kier molecular flexibility index (Phi) is 7.16. The van der Waals surface area contributed by atoms with Crippen molar-refractivity contribution in [2.45, 2.75) is 37.8 Å². The van der Waals surface area contributed by atoms with E-state index in [9.17, 15) is 39.6 Å². The van der Waals surface area contributed by atoms with E-state index in [-0.39, 0.29) is 35.5 Å². The van der Waals surface area contributed by atoms with Crippen LogP contribution in [-0.2, 0) is 20.8 Å². The Morgan fingerprint density at radius 3 is 2.48 bits per heavy atom. The largest absolute Gasteiger partial charge is 0.510 e. The summed E-state index contributed by atoms with van der Waals surface area (Å²) in [6, 6.07) is 9.35. The molecular weight excluding hydrogens is 540 g/mol. The van der Waals surface area contributed by atoms with Crippen LogP contribution in [0.15, 0.2) is 65.1 Å². The van der Waals surface area contributed by atoms with Gasteiger partial charge in [-0.3, -0.25) is 24.1 Å². The van der Waals surface area contributed by atoms with E-state index in [1.165, 1.54) is 17.0 Å². The molecule has 0 aromatic heterocycles. The summed E-state index contributed by atoms with van der Waals surface area (Å²) < 4.78 is 0. The SMILES string of the molecule is CCC(=O)/C=C/c1cccc(-c2ccc(O)c3c2CC2CC4C(N(C)C)C(O)=C(C(N)=O)C(=O)C4(O)C(O)=C2C3=O)c1. The minimum absolute atomic E-state index is 0.00274. The fraction of sp³-hybridized carbons (Fsp3) is 0.312. The number of hydrogen-bond acceptors (Lipinski definition) is 9. The highest BCUT2D eigenvalue weighted by molar-refractivity contribution is 6.25. The summed E-state index contributed by atoms with van der Waals surface area (Å²) in [4.78, 5) is 52.8. The number of Topliss-reactive ketones (excluding diaryl/α,β-unsaturated/α-hetero) is 2. The summed E-state index contributed by atoms with van der Waals surface area (Å²) >= 11 is 0. The fourth-order valence-electron chi connectivity index (χ4n) is 6.64. The number of fused-ring (bicyclic) bond motifs is 3. The Morgan fingerprint density at radius 1 is 1.12 bits per heavy atom. The molecule has 4 atom stereocenters. The van der Waals surface area contributed by atoms with Crippen molar-refractivity contribution in [1.29, 1.82) is 0 Å². The quantitative estimate of drug-likeness (QED) is 0.257. The number of carbonyl (C=O) groups excluding carboxylic acids is 4. The van der Waals surface area contributed by atoms with Crippen LogP contribution in [0, 0.1) is 11.8 Å². The lowest BCUT2D eigenvalue weighted by molar-refractivity contribution is -0.148. The van der Waals surface area contributed by atoms with Crippen LogP contribution in [0.4, 0.5) is 0 Å². The highest BCUT2D eigenvalue weighted by Gasteiger charge is 2.63. The van der Waals surface area contributed by atoms with Gasteiger partial charge in [0.15, 0.2) is 17.2 Å². The van der Waals surface area contributed by atoms with Crippen molar-refractivity contribution in [3.05, 3.63) is 81.8 Å². The lowest BCUT2D eigenvalue weighted by atomic mass is 9.58. The summed E-state index contributed by atoms with van der Waals surface area (Å²) in [5, 5.41) is 44.9. The fourth-order valence-corrected chi connectivity index (χ4v) is 6.64. The van der Waals surface area contributed by atoms with Crippen LogP contribution in [0.1, 0.15) is 41.3 Å². The predicted octanol–water partition coefficient (Wildman–Crippen LogP) is 2.78. The highest BCUT2D eigenvalue weighted by atomic mass is 16.3. The van der Waals surface area contributed by atoms with Gasteiger partial charge in [-0.15, -0.1) is 0 Å². The smallest absolute Gasteiger partial charge is 0.255 e. The normalized spacial score (nSPS) is 25.5. The molecule has 0 radical (unpaired) electrons. The van der Waals surface area contributed by atoms with Gasteiger partial charge in [-0.2, -0.15) is 0 Å². The molecule has 1 amide bonds. The lowest BCUT2D eigenvalue weighted by Gasteiger charge is -2.50. The van der Waals surface area contributed by atoms with Crippen molar-refractivity contribution >= 4 is 29.3 Å². The zero-order chi connectivity index (χ0) is 30.7. The number of rotatable bonds is 6. The molecule has 0 heterocycles. The Morgan fingerprint density at radius 2 is 1.83 bits per heavy atom. The molecule has 0 bridgehead atoms. The van der Waals surface area contributed by atoms with Crippen molar-refractivity contribution in [3.8, 4) is 16.9 Å². The zero-order valence-corrected chi connectivity index (χ0v) is 23.4. The monoisotopic (exact) mass is 572 g/mol. The molecule has 5 rings (SSSR count). The molecule has 0 aliphatic heterocycles. The molecule has 10 heteroatoms. The van der Waals surface area contributed by atoms with Gasteiger partial charge in [-0.25, -0.2) is 0 Å². The van der Waals surface area contributed by atoms with Crippen molar-refractivity contribution in [1.82, 2.24) is 4.90 Å². The second-order valence-corrected chi connectivity index (χ2v) is 11.2. The van der Waals surface area contributed by atoms with Crippen molar-refractivity contribution < 1.29 is 39.6 Å². The first-order valence-corrected chi connectivity index (χ1v) is 13.6. The number of nitrogens with two attached hydrogens (primary N) is 1. The number of aliphatic hydroxyl groups excluding tert-OH is 2. The first-order chi connectivity index (χ1) is 19.8. The molecule has 2 aromatic carbocycles. The van der Waals surface area contributed by atoms with Gasteiger partial charge in [-0.05, 0) is 73.3 Å². The molecule has 2 aromatic rings. The first kappa shape index (κ1) is 29.0. The van der Waals surface area contributed by atoms with Crippen molar-refractivity contribution in [2.75, 3.05) is 14.1 Å². The predicted molar refractivity (Wildman–Crippen MR) is 153 cm³/mol. The Bertz CT molecular complexity index is 1650. The molecule has 3 aliphatic rings. The van der Waals surface area contributed by atoms with E-state index in [0.29, 0.717) is 17.5 Å². The summed E-state index contributed by atoms with van der Waals surface area (Å²) in [5.41, 5.74) is 4.27. The number of amides is 1. The maximum absolute atomic E-state index is 13.9. The minimum Gasteiger partial charge on any atom is -0.510 e. The summed E-state index contributed by atoms with van der Waals surface area (Å²) in [6.07, 6.45) is 3.76. The lowest BCUT2D eigenvalue weighted by Crippen LogP contribution is -2.63. The van der Waals surface area contributed by atoms with E-state index in [1.807, 2.05) is 24.3 Å². The van der Waals surface area contributed by atoms with Gasteiger partial charge >= 0.3 is 0 Å². The first-order valence-electron chi connectivity index (χ1n) is 13.6. The van der Waals surface area contributed by atoms with Crippen LogP contribution in [0.25, 0.3) is 17.2 Å². The van der Waals surface area contributed by atoms with Gasteiger partial charge in [0.25, 0.3) is 5.91 Å². The standard InChI is InChI=1S/C32H32N2O8/c1-4-18(35)9-8-15-6-5-7-16(12-15)19-10-11-22(36)24-20(19)13-17-14-21-26(34(2)3)28(38)25(31(33)41)30(40)32(21,42)29(39)23(17)27(24)37/h5-12,17,21,26,36,38-39,42H,4,13-14H2,1-3H3,(H2,33,41)/b9-8+. The Labute approximate surface area is 242 Å². The van der Waals surface area contributed by atoms with Crippen LogP contribution in [0.3, 0.4) is 0 Å². The number of phenols is 1. The third-order valence-corrected chi connectivity index (χ3v) is 8.61. The number of benzene rings is 2. The molecule has 0 saturated heterocycles. The van der Waals surface area contributed by atoms with E-state index in [1.54, 1.807) is 33.2 Å². The number of aromatic hydroxyl groups is 1. The molecule has 0 fully saturated rings. The Balaban J connectivity index is 1.66. The summed E-state index contributed by atoms with van der Waals surface area (Å²) in [5.74, 6) is -6.94. The van der Waals surface area contributed by atoms with Gasteiger partial charge in [0.2, 0.25) is 5.78 Å². The number of phenolic OH excluding ortho intramolecular Hbond substituents is 1. The van der Waals surface area contributed by atoms with E-state index in [2.05, 4.69) is 0 Å². The van der Waals surface area contributed by atoms with Crippen molar-refractivity contribution in [3.63, 3.8) is 0 Å². The maximum atomic E-state index is 13.9. The van der Waals surface area contributed by atoms with Crippen LogP contribution >= 0.6 is 0 Å². The van der Waals surface area contributed by atoms with E-state index in [4.69, 9.17) is 5.73 Å². The summed E-state index contributed by atoms with van der Waals surface area (Å²) in [7, 11) is 3.16. The van der Waals surface area contributed by atoms with Gasteiger partial charge in [0.05, 0.1) is 11.6 Å². The molecule has 3 aliphatic carbocycles. The highest BCUT2D eigenvalue weighted by Crippen LogP contribution is 2.53. The van der Waals surface area contributed by atoms with Gasteiger partial charge in [0.1, 0.15) is 22.8 Å². The molecule has 0 spiro atoms. The number of hydrogen-bond donors (Lipinski definition) is 5. The van der Waals surface area contributed by atoms with Crippen LogP contribution in [0.2, 0.25) is 0 Å². The molecular formula is C32H32N2O8. The van der Waals surface area contributed by atoms with Crippen molar-refractivity contribution in [2.24, 2.45) is 17.6 Å². The van der Waals surface area contributed by atoms with Crippen LogP contribution in [0.5, 0.6) is 5.75 Å². The second-order valence-electron chi connectivity index (χ2n) is 11.2. The van der Waals surface area contributed by atoms with Gasteiger partial charge in [-0.1, -0.05) is 37.3 Å². The second kappa shape index (κ2) is 10.4. The summed E-state index contributed by atoms with van der Waals surface area (Å²) in [6.45, 7) is 1.77. The molecule has 218 valence electrons. The van der Waals surface area contributed by atoms with E-state index < -0.39 is 58.0 Å². The average molecular weight is 573 g/mol. The van der Waals surface area contributed by atoms with Crippen LogP contribution < -0.4 is 5.73 Å². The third kappa shape index (κ3) is 4.26. The number of allylic oxidation sites excluding steroid dienone is 2. The van der Waals surface area contributed by atoms with E-state index in [0.717, 1.165) is 11.1 Å². The number of carbonyl (C=O) groups is 4. The number of likely N-dealkylation sites (N-methyl/N-ethyl adjacent to an activating group) is 1. The van der Waals surface area contributed by atoms with E-state index >= 15 is 0 Å². The Hall–Kier alpha value is -4.54. The molecule has 0 saturated carbocycles.